The average molecular weight is 350 g/mol. The van der Waals surface area contributed by atoms with Crippen LogP contribution < -0.4 is 4.74 Å². The maximum atomic E-state index is 10.2. The van der Waals surface area contributed by atoms with Crippen LogP contribution in [0, 0.1) is 6.92 Å². The fraction of sp³-hybridized carbons (Fsp3) is 0.500. The Morgan fingerprint density at radius 2 is 2.17 bits per heavy atom. The number of imidazole rings is 1. The Morgan fingerprint density at radius 1 is 1.38 bits per heavy atom. The number of nitrogens with zero attached hydrogens (tertiary/aromatic N) is 3. The van der Waals surface area contributed by atoms with Crippen LogP contribution in [0.3, 0.4) is 0 Å². The highest BCUT2D eigenvalue weighted by molar-refractivity contribution is 6.32. The topological polar surface area (TPSA) is 50.5 Å². The van der Waals surface area contributed by atoms with Gasteiger partial charge in [0.05, 0.1) is 11.3 Å². The van der Waals surface area contributed by atoms with E-state index < -0.39 is 6.10 Å². The zero-order valence-corrected chi connectivity index (χ0v) is 14.7. The molecule has 130 valence electrons. The quantitative estimate of drug-likeness (QED) is 0.871. The number of aliphatic hydroxyl groups is 1. The highest BCUT2D eigenvalue weighted by Gasteiger charge is 2.22. The number of rotatable bonds is 6. The number of β-amino-alcohol motifs (C(OH)–C–C–N with tert-alkyl or cyclic N) is 1. The maximum Gasteiger partial charge on any atom is 0.138 e. The van der Waals surface area contributed by atoms with Gasteiger partial charge in [-0.15, -0.1) is 0 Å². The normalized spacial score (nSPS) is 17.8. The Balaban J connectivity index is 1.43. The second-order valence-corrected chi connectivity index (χ2v) is 6.85. The Labute approximate surface area is 147 Å². The lowest BCUT2D eigenvalue weighted by Crippen LogP contribution is -2.41. The van der Waals surface area contributed by atoms with Crippen molar-refractivity contribution in [3.63, 3.8) is 0 Å². The molecule has 2 aromatic rings. The van der Waals surface area contributed by atoms with Gasteiger partial charge in [0.2, 0.25) is 0 Å². The molecule has 1 N–H and O–H groups in total. The summed E-state index contributed by atoms with van der Waals surface area (Å²) >= 11 is 6.11. The number of piperidine rings is 1. The smallest absolute Gasteiger partial charge is 0.138 e. The van der Waals surface area contributed by atoms with Crippen molar-refractivity contribution in [3.05, 3.63) is 47.5 Å². The molecule has 3 rings (SSSR count). The molecule has 5 nitrogen and oxygen atoms in total. The van der Waals surface area contributed by atoms with Crippen molar-refractivity contribution < 1.29 is 9.84 Å². The van der Waals surface area contributed by atoms with Gasteiger partial charge in [0.15, 0.2) is 0 Å². The molecule has 1 saturated heterocycles. The van der Waals surface area contributed by atoms with E-state index in [1.807, 2.05) is 43.8 Å². The van der Waals surface area contributed by atoms with Crippen molar-refractivity contribution in [2.45, 2.75) is 31.9 Å². The van der Waals surface area contributed by atoms with Gasteiger partial charge in [0.1, 0.15) is 18.5 Å². The van der Waals surface area contributed by atoms with Crippen LogP contribution in [0.4, 0.5) is 0 Å². The molecular weight excluding hydrogens is 326 g/mol. The molecule has 1 aliphatic rings. The van der Waals surface area contributed by atoms with Crippen molar-refractivity contribution in [3.8, 4) is 5.75 Å². The average Bonchev–Trinajstić information content (AvgIpc) is 3.11. The lowest BCUT2D eigenvalue weighted by Gasteiger charge is -2.33. The van der Waals surface area contributed by atoms with Crippen LogP contribution in [0.25, 0.3) is 0 Å². The van der Waals surface area contributed by atoms with Crippen molar-refractivity contribution in [1.29, 1.82) is 0 Å². The third-order valence-electron chi connectivity index (χ3n) is 4.49. The molecule has 24 heavy (non-hydrogen) atoms. The first-order valence-corrected chi connectivity index (χ1v) is 8.76. The molecule has 0 unspecified atom stereocenters. The second-order valence-electron chi connectivity index (χ2n) is 6.44. The largest absolute Gasteiger partial charge is 0.489 e. The number of ether oxygens (including phenoxy) is 1. The number of aliphatic hydroxyl groups excluding tert-OH is 1. The molecular formula is C18H24ClN3O2. The van der Waals surface area contributed by atoms with Gasteiger partial charge >= 0.3 is 0 Å². The predicted octanol–water partition coefficient (Wildman–Crippen LogP) is 2.92. The van der Waals surface area contributed by atoms with Crippen LogP contribution in [0.15, 0.2) is 36.9 Å². The van der Waals surface area contributed by atoms with Crippen LogP contribution in [0.1, 0.15) is 24.4 Å². The molecule has 0 radical (unpaired) electrons. The highest BCUT2D eigenvalue weighted by atomic mass is 35.5. The van der Waals surface area contributed by atoms with Crippen molar-refractivity contribution in [1.82, 2.24) is 14.5 Å². The molecule has 0 amide bonds. The highest BCUT2D eigenvalue weighted by Crippen LogP contribution is 2.26. The van der Waals surface area contributed by atoms with Crippen LogP contribution in [0.2, 0.25) is 5.02 Å². The monoisotopic (exact) mass is 349 g/mol. The summed E-state index contributed by atoms with van der Waals surface area (Å²) in [5.74, 6) is 0.634. The van der Waals surface area contributed by atoms with Crippen LogP contribution >= 0.6 is 11.6 Å². The fourth-order valence-electron chi connectivity index (χ4n) is 3.14. The van der Waals surface area contributed by atoms with Crippen LogP contribution in [0.5, 0.6) is 5.75 Å². The molecule has 6 heteroatoms. The maximum absolute atomic E-state index is 10.2. The number of aryl methyl sites for hydroxylation is 1. The first kappa shape index (κ1) is 17.3. The first-order valence-electron chi connectivity index (χ1n) is 8.38. The third-order valence-corrected chi connectivity index (χ3v) is 4.80. The van der Waals surface area contributed by atoms with E-state index in [1.165, 1.54) is 0 Å². The molecule has 0 aliphatic carbocycles. The van der Waals surface area contributed by atoms with Gasteiger partial charge in [0.25, 0.3) is 0 Å². The molecule has 1 aromatic heterocycles. The number of aromatic nitrogens is 2. The van der Waals surface area contributed by atoms with Crippen molar-refractivity contribution in [2.75, 3.05) is 26.2 Å². The standard InChI is InChI=1S/C18H24ClN3O2/c1-14-2-3-17(19)18(10-14)24-12-16(23)11-21-7-4-15(5-8-21)22-9-6-20-13-22/h2-3,6,9-10,13,15-16,23H,4-5,7-8,11-12H2,1H3/t16-/m1/s1. The van der Waals surface area contributed by atoms with Crippen molar-refractivity contribution in [2.24, 2.45) is 0 Å². The molecule has 1 aromatic carbocycles. The molecule has 1 fully saturated rings. The minimum Gasteiger partial charge on any atom is -0.489 e. The molecule has 1 aliphatic heterocycles. The SMILES string of the molecule is Cc1ccc(Cl)c(OC[C@H](O)CN2CCC(n3ccnc3)CC2)c1. The van der Waals surface area contributed by atoms with Gasteiger partial charge < -0.3 is 19.3 Å². The second kappa shape index (κ2) is 8.01. The van der Waals surface area contributed by atoms with Gasteiger partial charge in [-0.3, -0.25) is 0 Å². The Kier molecular flexibility index (Phi) is 5.76. The van der Waals surface area contributed by atoms with E-state index in [0.29, 0.717) is 23.4 Å². The summed E-state index contributed by atoms with van der Waals surface area (Å²) in [5.41, 5.74) is 1.09. The number of hydrogen-bond acceptors (Lipinski definition) is 4. The summed E-state index contributed by atoms with van der Waals surface area (Å²) in [6, 6.07) is 6.17. The minimum atomic E-state index is -0.522. The van der Waals surface area contributed by atoms with Gasteiger partial charge in [-0.1, -0.05) is 17.7 Å². The molecule has 2 heterocycles. The Morgan fingerprint density at radius 3 is 2.88 bits per heavy atom. The van der Waals surface area contributed by atoms with Gasteiger partial charge in [-0.25, -0.2) is 4.98 Å². The predicted molar refractivity (Wildman–Crippen MR) is 94.6 cm³/mol. The van der Waals surface area contributed by atoms with E-state index in [2.05, 4.69) is 14.5 Å². The summed E-state index contributed by atoms with van der Waals surface area (Å²) in [4.78, 5) is 6.40. The summed E-state index contributed by atoms with van der Waals surface area (Å²) in [6.45, 7) is 4.82. The van der Waals surface area contributed by atoms with E-state index in [4.69, 9.17) is 16.3 Å². The molecule has 0 saturated carbocycles. The van der Waals surface area contributed by atoms with Crippen LogP contribution in [-0.2, 0) is 0 Å². The summed E-state index contributed by atoms with van der Waals surface area (Å²) < 4.78 is 7.86. The van der Waals surface area contributed by atoms with Crippen LogP contribution in [-0.4, -0.2) is 51.9 Å². The van der Waals surface area contributed by atoms with Crippen molar-refractivity contribution >= 4 is 11.6 Å². The lowest BCUT2D eigenvalue weighted by molar-refractivity contribution is 0.0559. The Hall–Kier alpha value is -1.56. The molecule has 0 bridgehead atoms. The summed E-state index contributed by atoms with van der Waals surface area (Å²) in [5, 5.41) is 10.8. The van der Waals surface area contributed by atoms with E-state index >= 15 is 0 Å². The molecule has 0 spiro atoms. The molecule has 1 atom stereocenters. The number of halogens is 1. The number of likely N-dealkylation sites (tertiary alicyclic amines) is 1. The zero-order chi connectivity index (χ0) is 16.9. The minimum absolute atomic E-state index is 0.255. The van der Waals surface area contributed by atoms with E-state index in [1.54, 1.807) is 0 Å². The van der Waals surface area contributed by atoms with E-state index in [0.717, 1.165) is 31.5 Å². The van der Waals surface area contributed by atoms with Gasteiger partial charge in [-0.05, 0) is 37.5 Å². The lowest BCUT2D eigenvalue weighted by atomic mass is 10.0. The number of hydrogen-bond donors (Lipinski definition) is 1. The Bertz CT molecular complexity index is 640. The first-order chi connectivity index (χ1) is 11.6. The fourth-order valence-corrected chi connectivity index (χ4v) is 3.32. The van der Waals surface area contributed by atoms with E-state index in [-0.39, 0.29) is 6.61 Å². The zero-order valence-electron chi connectivity index (χ0n) is 13.9. The third kappa shape index (κ3) is 4.50. The van der Waals surface area contributed by atoms with Gasteiger partial charge in [0, 0.05) is 38.1 Å². The summed E-state index contributed by atoms with van der Waals surface area (Å²) in [7, 11) is 0. The number of benzene rings is 1. The van der Waals surface area contributed by atoms with Gasteiger partial charge in [-0.2, -0.15) is 0 Å². The van der Waals surface area contributed by atoms with E-state index in [9.17, 15) is 5.11 Å². The summed E-state index contributed by atoms with van der Waals surface area (Å²) in [6.07, 6.45) is 7.36.